The largest absolute Gasteiger partial charge is 0.491 e. The van der Waals surface area contributed by atoms with E-state index < -0.39 is 11.9 Å². The number of aliphatic hydroxyl groups is 1. The number of hydrogen-bond acceptors (Lipinski definition) is 3. The van der Waals surface area contributed by atoms with E-state index in [4.69, 9.17) is 4.74 Å². The van der Waals surface area contributed by atoms with Gasteiger partial charge in [0.25, 0.3) is 0 Å². The first kappa shape index (κ1) is 16.4. The standard InChI is InChI=1S/C15H22FNO3/c1-4-7-20-14-8-11(16)5-6-12(14)17-15(19)9-13(18)10(2)3/h5-6,8,10,13,18H,4,7,9H2,1-3H3,(H,17,19). The number of hydrogen-bond donors (Lipinski definition) is 2. The molecule has 0 aliphatic rings. The van der Waals surface area contributed by atoms with Crippen LogP contribution in [0.2, 0.25) is 0 Å². The maximum absolute atomic E-state index is 13.2. The van der Waals surface area contributed by atoms with Gasteiger partial charge in [-0.3, -0.25) is 4.79 Å². The van der Waals surface area contributed by atoms with Gasteiger partial charge >= 0.3 is 0 Å². The van der Waals surface area contributed by atoms with E-state index in [-0.39, 0.29) is 18.2 Å². The van der Waals surface area contributed by atoms with Crippen LogP contribution in [0.1, 0.15) is 33.6 Å². The van der Waals surface area contributed by atoms with E-state index in [1.54, 1.807) is 0 Å². The van der Waals surface area contributed by atoms with Crippen LogP contribution < -0.4 is 10.1 Å². The molecule has 0 spiro atoms. The third kappa shape index (κ3) is 5.17. The fraction of sp³-hybridized carbons (Fsp3) is 0.533. The van der Waals surface area contributed by atoms with Gasteiger partial charge in [-0.1, -0.05) is 20.8 Å². The van der Waals surface area contributed by atoms with E-state index in [9.17, 15) is 14.3 Å². The number of nitrogens with one attached hydrogen (secondary N) is 1. The first-order chi connectivity index (χ1) is 9.43. The van der Waals surface area contributed by atoms with Crippen LogP contribution in [-0.2, 0) is 4.79 Å². The Balaban J connectivity index is 2.73. The van der Waals surface area contributed by atoms with Gasteiger partial charge in [0.2, 0.25) is 5.91 Å². The number of carbonyl (C=O) groups is 1. The molecule has 1 unspecified atom stereocenters. The molecule has 0 fully saturated rings. The van der Waals surface area contributed by atoms with Crippen LogP contribution in [-0.4, -0.2) is 23.7 Å². The number of benzene rings is 1. The highest BCUT2D eigenvalue weighted by molar-refractivity contribution is 5.92. The number of aliphatic hydroxyl groups excluding tert-OH is 1. The van der Waals surface area contributed by atoms with E-state index in [0.717, 1.165) is 6.42 Å². The Kier molecular flexibility index (Phi) is 6.45. The van der Waals surface area contributed by atoms with Gasteiger partial charge in [0.15, 0.2) is 0 Å². The van der Waals surface area contributed by atoms with Gasteiger partial charge in [0.1, 0.15) is 11.6 Å². The third-order valence-corrected chi connectivity index (χ3v) is 2.84. The van der Waals surface area contributed by atoms with Crippen LogP contribution in [0, 0.1) is 11.7 Å². The van der Waals surface area contributed by atoms with E-state index in [1.165, 1.54) is 18.2 Å². The smallest absolute Gasteiger partial charge is 0.227 e. The molecule has 1 aromatic rings. The van der Waals surface area contributed by atoms with E-state index >= 15 is 0 Å². The normalized spacial score (nSPS) is 12.3. The summed E-state index contributed by atoms with van der Waals surface area (Å²) in [6, 6.07) is 3.96. The van der Waals surface area contributed by atoms with Gasteiger partial charge in [-0.05, 0) is 24.5 Å². The number of halogens is 1. The monoisotopic (exact) mass is 283 g/mol. The van der Waals surface area contributed by atoms with Crippen molar-refractivity contribution in [1.29, 1.82) is 0 Å². The second-order valence-corrected chi connectivity index (χ2v) is 5.05. The fourth-order valence-electron chi connectivity index (χ4n) is 1.56. The van der Waals surface area contributed by atoms with Gasteiger partial charge in [-0.25, -0.2) is 4.39 Å². The molecule has 20 heavy (non-hydrogen) atoms. The molecule has 112 valence electrons. The lowest BCUT2D eigenvalue weighted by molar-refractivity contribution is -0.118. The number of carbonyl (C=O) groups excluding carboxylic acids is 1. The highest BCUT2D eigenvalue weighted by Gasteiger charge is 2.16. The quantitative estimate of drug-likeness (QED) is 0.809. The number of amides is 1. The molecule has 1 amide bonds. The first-order valence-electron chi connectivity index (χ1n) is 6.84. The highest BCUT2D eigenvalue weighted by atomic mass is 19.1. The van der Waals surface area contributed by atoms with Crippen molar-refractivity contribution in [3.8, 4) is 5.75 Å². The average Bonchev–Trinajstić information content (AvgIpc) is 2.38. The van der Waals surface area contributed by atoms with Gasteiger partial charge in [-0.15, -0.1) is 0 Å². The van der Waals surface area contributed by atoms with Gasteiger partial charge in [0.05, 0.1) is 24.8 Å². The minimum atomic E-state index is -0.699. The zero-order valence-corrected chi connectivity index (χ0v) is 12.1. The summed E-state index contributed by atoms with van der Waals surface area (Å²) < 4.78 is 18.6. The predicted molar refractivity (Wildman–Crippen MR) is 76.3 cm³/mol. The Labute approximate surface area is 119 Å². The second kappa shape index (κ2) is 7.85. The molecule has 0 heterocycles. The maximum atomic E-state index is 13.2. The molecule has 4 nitrogen and oxygen atoms in total. The minimum absolute atomic E-state index is 0.00224. The van der Waals surface area contributed by atoms with Crippen molar-refractivity contribution >= 4 is 11.6 Å². The van der Waals surface area contributed by atoms with Crippen molar-refractivity contribution in [2.75, 3.05) is 11.9 Å². The Morgan fingerprint density at radius 3 is 2.75 bits per heavy atom. The molecule has 1 aromatic carbocycles. The van der Waals surface area contributed by atoms with Crippen molar-refractivity contribution in [2.45, 2.75) is 39.7 Å². The van der Waals surface area contributed by atoms with Crippen LogP contribution in [0.5, 0.6) is 5.75 Å². The molecule has 5 heteroatoms. The second-order valence-electron chi connectivity index (χ2n) is 5.05. The SMILES string of the molecule is CCCOc1cc(F)ccc1NC(=O)CC(O)C(C)C. The predicted octanol–water partition coefficient (Wildman–Crippen LogP) is 2.96. The summed E-state index contributed by atoms with van der Waals surface area (Å²) in [5.41, 5.74) is 0.417. The fourth-order valence-corrected chi connectivity index (χ4v) is 1.56. The Hall–Kier alpha value is -1.62. The number of anilines is 1. The number of ether oxygens (including phenoxy) is 1. The molecular weight excluding hydrogens is 261 g/mol. The lowest BCUT2D eigenvalue weighted by atomic mass is 10.0. The molecule has 0 saturated carbocycles. The summed E-state index contributed by atoms with van der Waals surface area (Å²) >= 11 is 0. The summed E-state index contributed by atoms with van der Waals surface area (Å²) in [6.45, 7) is 6.06. The Bertz CT molecular complexity index is 449. The van der Waals surface area contributed by atoms with Crippen LogP contribution in [0.3, 0.4) is 0 Å². The lowest BCUT2D eigenvalue weighted by Crippen LogP contribution is -2.24. The molecule has 0 saturated heterocycles. The maximum Gasteiger partial charge on any atom is 0.227 e. The van der Waals surface area contributed by atoms with Crippen molar-refractivity contribution in [3.63, 3.8) is 0 Å². The van der Waals surface area contributed by atoms with E-state index in [2.05, 4.69) is 5.32 Å². The summed E-state index contributed by atoms with van der Waals surface area (Å²) in [7, 11) is 0. The van der Waals surface area contributed by atoms with Crippen LogP contribution in [0.4, 0.5) is 10.1 Å². The lowest BCUT2D eigenvalue weighted by Gasteiger charge is -2.16. The Morgan fingerprint density at radius 1 is 1.45 bits per heavy atom. The van der Waals surface area contributed by atoms with E-state index in [1.807, 2.05) is 20.8 Å². The van der Waals surface area contributed by atoms with Crippen molar-refractivity contribution in [3.05, 3.63) is 24.0 Å². The molecular formula is C15H22FNO3. The van der Waals surface area contributed by atoms with Crippen molar-refractivity contribution < 1.29 is 19.0 Å². The summed E-state index contributed by atoms with van der Waals surface area (Å²) in [5.74, 6) is -0.431. The first-order valence-corrected chi connectivity index (χ1v) is 6.84. The van der Waals surface area contributed by atoms with Crippen LogP contribution in [0.25, 0.3) is 0 Å². The van der Waals surface area contributed by atoms with Gasteiger partial charge in [0, 0.05) is 6.07 Å². The highest BCUT2D eigenvalue weighted by Crippen LogP contribution is 2.26. The van der Waals surface area contributed by atoms with Gasteiger partial charge < -0.3 is 15.2 Å². The van der Waals surface area contributed by atoms with Gasteiger partial charge in [-0.2, -0.15) is 0 Å². The van der Waals surface area contributed by atoms with Crippen LogP contribution in [0.15, 0.2) is 18.2 Å². The molecule has 2 N–H and O–H groups in total. The molecule has 0 radical (unpaired) electrons. The molecule has 0 aliphatic carbocycles. The molecule has 1 rings (SSSR count). The van der Waals surface area contributed by atoms with Crippen LogP contribution >= 0.6 is 0 Å². The van der Waals surface area contributed by atoms with Crippen molar-refractivity contribution in [1.82, 2.24) is 0 Å². The molecule has 0 bridgehead atoms. The minimum Gasteiger partial charge on any atom is -0.491 e. The summed E-state index contributed by atoms with van der Waals surface area (Å²) in [6.07, 6.45) is 0.0913. The third-order valence-electron chi connectivity index (χ3n) is 2.84. The average molecular weight is 283 g/mol. The van der Waals surface area contributed by atoms with E-state index in [0.29, 0.717) is 18.0 Å². The summed E-state index contributed by atoms with van der Waals surface area (Å²) in [4.78, 5) is 11.8. The summed E-state index contributed by atoms with van der Waals surface area (Å²) in [5, 5.41) is 12.3. The Morgan fingerprint density at radius 2 is 2.15 bits per heavy atom. The zero-order chi connectivity index (χ0) is 15.1. The zero-order valence-electron chi connectivity index (χ0n) is 12.1. The number of rotatable bonds is 7. The van der Waals surface area contributed by atoms with Crippen molar-refractivity contribution in [2.24, 2.45) is 5.92 Å². The molecule has 1 atom stereocenters. The molecule has 0 aliphatic heterocycles. The topological polar surface area (TPSA) is 58.6 Å². The molecule has 0 aromatic heterocycles.